The average molecular weight is 343 g/mol. The average Bonchev–Trinajstić information content (AvgIpc) is 2.88. The van der Waals surface area contributed by atoms with Crippen LogP contribution in [0.5, 0.6) is 5.75 Å². The summed E-state index contributed by atoms with van der Waals surface area (Å²) in [4.78, 5) is 16.2. The standard InChI is InChI=1S/C16H20F3N3O2/c1-11-9-21(7-5-20-11)10-15(23)22-6-4-12-2-3-13(8-14(12)22)24-16(17,18)19/h2-3,8,11,20H,4-7,9-10H2,1H3. The fraction of sp³-hybridized carbons (Fsp3) is 0.562. The van der Waals surface area contributed by atoms with E-state index in [-0.39, 0.29) is 18.2 Å². The van der Waals surface area contributed by atoms with Gasteiger partial charge < -0.3 is 15.0 Å². The van der Waals surface area contributed by atoms with Gasteiger partial charge >= 0.3 is 6.36 Å². The van der Waals surface area contributed by atoms with Gasteiger partial charge in [-0.25, -0.2) is 0 Å². The molecule has 0 aliphatic carbocycles. The van der Waals surface area contributed by atoms with Gasteiger partial charge in [-0.15, -0.1) is 13.2 Å². The van der Waals surface area contributed by atoms with Gasteiger partial charge in [-0.3, -0.25) is 9.69 Å². The zero-order valence-electron chi connectivity index (χ0n) is 13.4. The van der Waals surface area contributed by atoms with Crippen molar-refractivity contribution in [2.24, 2.45) is 0 Å². The van der Waals surface area contributed by atoms with E-state index in [9.17, 15) is 18.0 Å². The van der Waals surface area contributed by atoms with Crippen molar-refractivity contribution in [1.82, 2.24) is 10.2 Å². The number of nitrogens with one attached hydrogen (secondary N) is 1. The van der Waals surface area contributed by atoms with Crippen LogP contribution >= 0.6 is 0 Å². The first kappa shape index (κ1) is 17.0. The summed E-state index contributed by atoms with van der Waals surface area (Å²) in [5.74, 6) is -0.385. The molecule has 1 amide bonds. The summed E-state index contributed by atoms with van der Waals surface area (Å²) < 4.78 is 41.1. The molecule has 0 saturated carbocycles. The van der Waals surface area contributed by atoms with Crippen molar-refractivity contribution in [3.8, 4) is 5.75 Å². The molecule has 2 aliphatic rings. The smallest absolute Gasteiger partial charge is 0.406 e. The number of carbonyl (C=O) groups is 1. The van der Waals surface area contributed by atoms with Gasteiger partial charge in [-0.05, 0) is 25.0 Å². The lowest BCUT2D eigenvalue weighted by atomic mass is 10.1. The molecule has 24 heavy (non-hydrogen) atoms. The van der Waals surface area contributed by atoms with Gasteiger partial charge in [0, 0.05) is 38.3 Å². The van der Waals surface area contributed by atoms with E-state index in [4.69, 9.17) is 0 Å². The molecular weight excluding hydrogens is 323 g/mol. The molecule has 1 aromatic rings. The Morgan fingerprint density at radius 1 is 1.38 bits per heavy atom. The van der Waals surface area contributed by atoms with Gasteiger partial charge in [0.2, 0.25) is 5.91 Å². The first-order chi connectivity index (χ1) is 11.3. The van der Waals surface area contributed by atoms with Gasteiger partial charge in [0.25, 0.3) is 0 Å². The molecule has 1 unspecified atom stereocenters. The second-order valence-corrected chi connectivity index (χ2v) is 6.22. The number of hydrogen-bond acceptors (Lipinski definition) is 4. The Bertz CT molecular complexity index is 621. The number of rotatable bonds is 3. The Balaban J connectivity index is 1.70. The van der Waals surface area contributed by atoms with Crippen LogP contribution in [0.1, 0.15) is 12.5 Å². The molecular formula is C16H20F3N3O2. The largest absolute Gasteiger partial charge is 0.573 e. The third-order valence-electron chi connectivity index (χ3n) is 4.30. The number of benzene rings is 1. The molecule has 1 saturated heterocycles. The van der Waals surface area contributed by atoms with Crippen LogP contribution in [0.2, 0.25) is 0 Å². The Morgan fingerprint density at radius 3 is 2.88 bits per heavy atom. The molecule has 3 rings (SSSR count). The van der Waals surface area contributed by atoms with Gasteiger partial charge in [0.05, 0.1) is 12.2 Å². The van der Waals surface area contributed by atoms with Crippen LogP contribution in [0, 0.1) is 0 Å². The molecule has 1 atom stereocenters. The summed E-state index contributed by atoms with van der Waals surface area (Å²) in [6, 6.07) is 4.51. The maximum atomic E-state index is 12.6. The molecule has 1 aromatic carbocycles. The van der Waals surface area contributed by atoms with Crippen molar-refractivity contribution in [3.63, 3.8) is 0 Å². The lowest BCUT2D eigenvalue weighted by Crippen LogP contribution is -2.52. The Morgan fingerprint density at radius 2 is 2.17 bits per heavy atom. The summed E-state index contributed by atoms with van der Waals surface area (Å²) in [6.45, 7) is 5.22. The SMILES string of the molecule is CC1CN(CC(=O)N2CCc3ccc(OC(F)(F)F)cc32)CCN1. The summed E-state index contributed by atoms with van der Waals surface area (Å²) >= 11 is 0. The highest BCUT2D eigenvalue weighted by Gasteiger charge is 2.33. The number of amides is 1. The van der Waals surface area contributed by atoms with Gasteiger partial charge in [-0.1, -0.05) is 6.07 Å². The van der Waals surface area contributed by atoms with E-state index >= 15 is 0 Å². The predicted molar refractivity (Wildman–Crippen MR) is 83.1 cm³/mol. The summed E-state index contributed by atoms with van der Waals surface area (Å²) in [6.07, 6.45) is -4.09. The topological polar surface area (TPSA) is 44.8 Å². The summed E-state index contributed by atoms with van der Waals surface area (Å²) in [5.41, 5.74) is 1.39. The highest BCUT2D eigenvalue weighted by Crippen LogP contribution is 2.34. The van der Waals surface area contributed by atoms with Crippen molar-refractivity contribution in [2.75, 3.05) is 37.6 Å². The van der Waals surface area contributed by atoms with Gasteiger partial charge in [0.15, 0.2) is 0 Å². The molecule has 2 aliphatic heterocycles. The monoisotopic (exact) mass is 343 g/mol. The normalized spacial score (nSPS) is 21.7. The number of carbonyl (C=O) groups excluding carboxylic acids is 1. The van der Waals surface area contributed by atoms with Crippen LogP contribution < -0.4 is 15.0 Å². The molecule has 132 valence electrons. The molecule has 0 spiro atoms. The maximum absolute atomic E-state index is 12.6. The number of alkyl halides is 3. The number of nitrogens with zero attached hydrogens (tertiary/aromatic N) is 2. The fourth-order valence-corrected chi connectivity index (χ4v) is 3.25. The van der Waals surface area contributed by atoms with Crippen LogP contribution in [0.25, 0.3) is 0 Å². The minimum atomic E-state index is -4.74. The first-order valence-corrected chi connectivity index (χ1v) is 7.96. The molecule has 0 bridgehead atoms. The third kappa shape index (κ3) is 3.99. The molecule has 8 heteroatoms. The molecule has 1 fully saturated rings. The van der Waals surface area contributed by atoms with E-state index in [1.54, 1.807) is 11.0 Å². The Labute approximate surface area is 138 Å². The minimum Gasteiger partial charge on any atom is -0.406 e. The quantitative estimate of drug-likeness (QED) is 0.909. The molecule has 2 heterocycles. The first-order valence-electron chi connectivity index (χ1n) is 7.96. The van der Waals surface area contributed by atoms with E-state index < -0.39 is 6.36 Å². The van der Waals surface area contributed by atoms with Crippen LogP contribution in [-0.4, -0.2) is 55.9 Å². The molecule has 1 N–H and O–H groups in total. The van der Waals surface area contributed by atoms with Crippen molar-refractivity contribution >= 4 is 11.6 Å². The van der Waals surface area contributed by atoms with E-state index in [1.165, 1.54) is 12.1 Å². The number of piperazine rings is 1. The van der Waals surface area contributed by atoms with Gasteiger partial charge in [-0.2, -0.15) is 0 Å². The highest BCUT2D eigenvalue weighted by molar-refractivity contribution is 5.97. The zero-order chi connectivity index (χ0) is 17.3. The molecule has 0 radical (unpaired) electrons. The van der Waals surface area contributed by atoms with Crippen molar-refractivity contribution in [3.05, 3.63) is 23.8 Å². The number of ether oxygens (including phenoxy) is 1. The van der Waals surface area contributed by atoms with Crippen LogP contribution in [0.3, 0.4) is 0 Å². The highest BCUT2D eigenvalue weighted by atomic mass is 19.4. The lowest BCUT2D eigenvalue weighted by molar-refractivity contribution is -0.274. The van der Waals surface area contributed by atoms with E-state index in [0.717, 1.165) is 25.2 Å². The van der Waals surface area contributed by atoms with Crippen LogP contribution in [0.4, 0.5) is 18.9 Å². The number of hydrogen-bond donors (Lipinski definition) is 1. The molecule has 5 nitrogen and oxygen atoms in total. The number of fused-ring (bicyclic) bond motifs is 1. The van der Waals surface area contributed by atoms with Crippen LogP contribution in [-0.2, 0) is 11.2 Å². The second-order valence-electron chi connectivity index (χ2n) is 6.22. The Hall–Kier alpha value is -1.80. The van der Waals surface area contributed by atoms with Crippen molar-refractivity contribution < 1.29 is 22.7 Å². The Kier molecular flexibility index (Phi) is 4.69. The number of halogens is 3. The zero-order valence-corrected chi connectivity index (χ0v) is 13.4. The van der Waals surface area contributed by atoms with E-state index in [1.807, 2.05) is 0 Å². The van der Waals surface area contributed by atoms with Crippen molar-refractivity contribution in [2.45, 2.75) is 25.7 Å². The van der Waals surface area contributed by atoms with Gasteiger partial charge in [0.1, 0.15) is 5.75 Å². The van der Waals surface area contributed by atoms with E-state index in [0.29, 0.717) is 24.7 Å². The fourth-order valence-electron chi connectivity index (χ4n) is 3.25. The third-order valence-corrected chi connectivity index (χ3v) is 4.30. The van der Waals surface area contributed by atoms with Crippen LogP contribution in [0.15, 0.2) is 18.2 Å². The predicted octanol–water partition coefficient (Wildman–Crippen LogP) is 1.77. The lowest BCUT2D eigenvalue weighted by Gasteiger charge is -2.32. The summed E-state index contributed by atoms with van der Waals surface area (Å²) in [5, 5.41) is 3.31. The maximum Gasteiger partial charge on any atom is 0.573 e. The second kappa shape index (κ2) is 6.60. The number of anilines is 1. The van der Waals surface area contributed by atoms with E-state index in [2.05, 4.69) is 21.9 Å². The minimum absolute atomic E-state index is 0.0907. The van der Waals surface area contributed by atoms with Crippen molar-refractivity contribution in [1.29, 1.82) is 0 Å². The molecule has 0 aromatic heterocycles. The summed E-state index contributed by atoms with van der Waals surface area (Å²) in [7, 11) is 0.